The zero-order valence-corrected chi connectivity index (χ0v) is 31.7. The summed E-state index contributed by atoms with van der Waals surface area (Å²) >= 11 is 0. The zero-order valence-electron chi connectivity index (χ0n) is 31.7. The molecule has 56 heavy (non-hydrogen) atoms. The molecule has 0 aliphatic carbocycles. The fourth-order valence-electron chi connectivity index (χ4n) is 6.52. The van der Waals surface area contributed by atoms with Crippen LogP contribution in [0.2, 0.25) is 0 Å². The van der Waals surface area contributed by atoms with Crippen LogP contribution in [0.25, 0.3) is 0 Å². The van der Waals surface area contributed by atoms with Gasteiger partial charge in [0.05, 0.1) is 18.3 Å². The van der Waals surface area contributed by atoms with Gasteiger partial charge in [-0.1, -0.05) is 62.4 Å². The molecule has 2 aromatic rings. The summed E-state index contributed by atoms with van der Waals surface area (Å²) in [5.41, 5.74) is 12.0. The first kappa shape index (κ1) is 42.7. The Morgan fingerprint density at radius 1 is 0.911 bits per heavy atom. The summed E-state index contributed by atoms with van der Waals surface area (Å²) in [6.45, 7) is 3.77. The summed E-state index contributed by atoms with van der Waals surface area (Å²) in [5.74, 6) is -3.78. The maximum atomic E-state index is 13.9. The smallest absolute Gasteiger partial charge is 0.410 e. The Bertz CT molecular complexity index is 1720. The van der Waals surface area contributed by atoms with Crippen LogP contribution in [0.5, 0.6) is 0 Å². The van der Waals surface area contributed by atoms with Crippen LogP contribution in [0.3, 0.4) is 0 Å². The lowest BCUT2D eigenvalue weighted by Gasteiger charge is -2.27. The van der Waals surface area contributed by atoms with Crippen molar-refractivity contribution in [3.8, 4) is 0 Å². The van der Waals surface area contributed by atoms with Crippen LogP contribution in [-0.4, -0.2) is 113 Å². The molecule has 2 aliphatic rings. The summed E-state index contributed by atoms with van der Waals surface area (Å²) < 4.78 is 5.56. The number of nitrogens with one attached hydrogen (secondary N) is 3. The van der Waals surface area contributed by atoms with Crippen LogP contribution >= 0.6 is 0 Å². The second kappa shape index (κ2) is 21.1. The number of carboxylic acid groups (broad SMARTS) is 1. The highest BCUT2D eigenvalue weighted by molar-refractivity contribution is 5.95. The van der Waals surface area contributed by atoms with Gasteiger partial charge in [0, 0.05) is 26.1 Å². The minimum absolute atomic E-state index is 0.00646. The van der Waals surface area contributed by atoms with Crippen LogP contribution in [0.15, 0.2) is 75.9 Å². The van der Waals surface area contributed by atoms with Crippen molar-refractivity contribution in [1.29, 1.82) is 0 Å². The maximum absolute atomic E-state index is 13.9. The lowest BCUT2D eigenvalue weighted by molar-refractivity contribution is -0.144. The fraction of sp³-hybridized carbons (Fsp3) is 0.500. The summed E-state index contributed by atoms with van der Waals surface area (Å²) in [6.07, 6.45) is 0.839. The number of hydrogen-bond acceptors (Lipinski definition) is 10. The summed E-state index contributed by atoms with van der Waals surface area (Å²) in [7, 11) is 0. The lowest BCUT2D eigenvalue weighted by atomic mass is 10.0. The van der Waals surface area contributed by atoms with Gasteiger partial charge in [-0.3, -0.25) is 29.1 Å². The van der Waals surface area contributed by atoms with Crippen molar-refractivity contribution >= 4 is 47.3 Å². The number of carbonyl (C=O) groups excluding carboxylic acids is 5. The molecule has 0 bridgehead atoms. The first-order valence-corrected chi connectivity index (χ1v) is 18.7. The molecular weight excluding hydrogens is 724 g/mol. The van der Waals surface area contributed by atoms with Crippen LogP contribution in [0, 0.1) is 5.92 Å². The summed E-state index contributed by atoms with van der Waals surface area (Å²) in [5, 5.41) is 26.2. The number of nitrogens with zero attached hydrogens (tertiary/aromatic N) is 5. The number of amides is 5. The van der Waals surface area contributed by atoms with Gasteiger partial charge in [0.1, 0.15) is 30.8 Å². The second-order valence-corrected chi connectivity index (χ2v) is 14.2. The predicted molar refractivity (Wildman–Crippen MR) is 205 cm³/mol. The van der Waals surface area contributed by atoms with E-state index in [1.54, 1.807) is 12.1 Å². The average molecular weight is 777 g/mol. The normalized spacial score (nSPS) is 18.9. The van der Waals surface area contributed by atoms with Gasteiger partial charge >= 0.3 is 12.1 Å². The van der Waals surface area contributed by atoms with Gasteiger partial charge in [-0.25, -0.2) is 9.59 Å². The molecule has 2 aliphatic heterocycles. The van der Waals surface area contributed by atoms with E-state index in [2.05, 4.69) is 31.2 Å². The molecule has 18 nitrogen and oxygen atoms in total. The molecule has 2 heterocycles. The Kier molecular flexibility index (Phi) is 16.1. The Balaban J connectivity index is 1.38. The van der Waals surface area contributed by atoms with E-state index in [0.717, 1.165) is 5.56 Å². The van der Waals surface area contributed by atoms with Crippen molar-refractivity contribution in [2.24, 2.45) is 32.6 Å². The quantitative estimate of drug-likeness (QED) is 0.0554. The third kappa shape index (κ3) is 13.1. The molecule has 1 unspecified atom stereocenters. The van der Waals surface area contributed by atoms with Gasteiger partial charge in [0.2, 0.25) is 23.6 Å². The van der Waals surface area contributed by atoms with Crippen molar-refractivity contribution in [2.75, 3.05) is 26.2 Å². The molecule has 302 valence electrons. The number of azo groups is 1. The number of guanidine groups is 1. The minimum Gasteiger partial charge on any atom is -0.480 e. The van der Waals surface area contributed by atoms with E-state index in [1.807, 2.05) is 62.4 Å². The SMILES string of the molecule is CC(C)C[C@H](NC(=O)[C@@H]1CC(N=Nc2ccccc2)CN1C(=O)OCc1ccccc1)C(=O)NCC(=O)N1CCC[C@H]1C(=O)N[C@H](CCCN=C(N)N)C(=O)O. The topological polar surface area (TPSA) is 264 Å². The molecular formula is C38H52N10O8. The van der Waals surface area contributed by atoms with Gasteiger partial charge < -0.3 is 42.2 Å². The van der Waals surface area contributed by atoms with Gasteiger partial charge in [-0.15, -0.1) is 0 Å². The first-order chi connectivity index (χ1) is 26.8. The van der Waals surface area contributed by atoms with E-state index in [-0.39, 0.29) is 57.4 Å². The Morgan fingerprint density at radius 3 is 2.23 bits per heavy atom. The Hall–Kier alpha value is -6.07. The zero-order chi connectivity index (χ0) is 40.6. The van der Waals surface area contributed by atoms with Crippen LogP contribution in [0.1, 0.15) is 57.9 Å². The van der Waals surface area contributed by atoms with Gasteiger partial charge in [-0.2, -0.15) is 10.2 Å². The third-order valence-corrected chi connectivity index (χ3v) is 9.30. The van der Waals surface area contributed by atoms with Crippen molar-refractivity contribution in [2.45, 2.75) is 89.2 Å². The van der Waals surface area contributed by atoms with Crippen LogP contribution in [-0.2, 0) is 35.3 Å². The lowest BCUT2D eigenvalue weighted by Crippen LogP contribution is -2.55. The number of rotatable bonds is 18. The molecule has 2 aromatic carbocycles. The number of ether oxygens (including phenoxy) is 1. The molecule has 5 amide bonds. The Labute approximate surface area is 325 Å². The number of carboxylic acids is 1. The summed E-state index contributed by atoms with van der Waals surface area (Å²) in [6, 6.07) is 13.4. The first-order valence-electron chi connectivity index (χ1n) is 18.7. The van der Waals surface area contributed by atoms with Crippen molar-refractivity contribution < 1.29 is 38.6 Å². The highest BCUT2D eigenvalue weighted by atomic mass is 16.6. The molecule has 2 saturated heterocycles. The van der Waals surface area contributed by atoms with E-state index in [9.17, 15) is 33.9 Å². The number of hydrogen-bond donors (Lipinski definition) is 6. The monoisotopic (exact) mass is 776 g/mol. The number of benzene rings is 2. The molecule has 18 heteroatoms. The molecule has 0 saturated carbocycles. The molecule has 4 rings (SSSR count). The van der Waals surface area contributed by atoms with Crippen LogP contribution in [0.4, 0.5) is 10.5 Å². The number of carbonyl (C=O) groups is 6. The van der Waals surface area contributed by atoms with Gasteiger partial charge in [0.15, 0.2) is 5.96 Å². The molecule has 5 atom stereocenters. The molecule has 2 fully saturated rings. The molecule has 0 aromatic heterocycles. The predicted octanol–water partition coefficient (Wildman–Crippen LogP) is 1.81. The second-order valence-electron chi connectivity index (χ2n) is 14.2. The average Bonchev–Trinajstić information content (AvgIpc) is 3.85. The van der Waals surface area contributed by atoms with E-state index in [0.29, 0.717) is 24.9 Å². The Morgan fingerprint density at radius 2 is 1.57 bits per heavy atom. The number of aliphatic imine (C=N–C) groups is 1. The van der Waals surface area contributed by atoms with Crippen molar-refractivity contribution in [3.05, 3.63) is 66.2 Å². The number of aliphatic carboxylic acids is 1. The molecule has 0 spiro atoms. The van der Waals surface area contributed by atoms with Crippen molar-refractivity contribution in [1.82, 2.24) is 25.8 Å². The van der Waals surface area contributed by atoms with E-state index < -0.39 is 72.4 Å². The molecule has 0 radical (unpaired) electrons. The third-order valence-electron chi connectivity index (χ3n) is 9.30. The fourth-order valence-corrected chi connectivity index (χ4v) is 6.52. The maximum Gasteiger partial charge on any atom is 0.410 e. The van der Waals surface area contributed by atoms with Gasteiger partial charge in [-0.05, 0) is 55.7 Å². The highest BCUT2D eigenvalue weighted by Crippen LogP contribution is 2.25. The number of nitrogens with two attached hydrogens (primary N) is 2. The number of likely N-dealkylation sites (tertiary alicyclic amines) is 2. The van der Waals surface area contributed by atoms with Crippen molar-refractivity contribution in [3.63, 3.8) is 0 Å². The van der Waals surface area contributed by atoms with Crippen LogP contribution < -0.4 is 27.4 Å². The highest BCUT2D eigenvalue weighted by Gasteiger charge is 2.42. The van der Waals surface area contributed by atoms with E-state index in [4.69, 9.17) is 16.2 Å². The molecule has 8 N–H and O–H groups in total. The standard InChI is InChI=1S/C38H52N10O8/c1-24(2)19-29(33(50)42-21-32(49)47-18-10-16-30(47)34(51)43-28(36(53)54)15-9-17-41-37(39)40)44-35(52)31-20-27(46-45-26-13-7-4-8-14-26)22-48(31)38(55)56-23-25-11-5-3-6-12-25/h3-8,11-14,24,27-31H,9-10,15-23H2,1-2H3,(H,42,50)(H,43,51)(H,44,52)(H,53,54)(H4,39,40,41)/t27?,28-,29+,30+,31+/m1/s1. The largest absolute Gasteiger partial charge is 0.480 e. The van der Waals surface area contributed by atoms with E-state index >= 15 is 0 Å². The van der Waals surface area contributed by atoms with Gasteiger partial charge in [0.25, 0.3) is 0 Å². The summed E-state index contributed by atoms with van der Waals surface area (Å²) in [4.78, 5) is 85.5. The minimum atomic E-state index is -1.23. The van der Waals surface area contributed by atoms with E-state index in [1.165, 1.54) is 9.80 Å².